The molecule has 3 aromatic rings. The van der Waals surface area contributed by atoms with Crippen molar-refractivity contribution in [2.45, 2.75) is 6.04 Å². The average Bonchev–Trinajstić information content (AvgIpc) is 2.94. The Morgan fingerprint density at radius 2 is 2.17 bits per heavy atom. The summed E-state index contributed by atoms with van der Waals surface area (Å²) in [6.45, 7) is 0. The monoisotopic (exact) mass is 242 g/mol. The number of pyridine rings is 1. The number of fused-ring (bicyclic) bond motifs is 1. The molecule has 0 saturated carbocycles. The molecule has 3 rings (SSSR count). The van der Waals surface area contributed by atoms with Crippen LogP contribution in [0.1, 0.15) is 17.4 Å². The highest BCUT2D eigenvalue weighted by Crippen LogP contribution is 2.21. The second kappa shape index (κ2) is 3.92. The SMILES string of the molecule is Cn1cc(C(N)c2nc3cccnc3n2C)cn1. The normalized spacial score (nSPS) is 13.1. The molecule has 3 heterocycles. The van der Waals surface area contributed by atoms with Crippen molar-refractivity contribution in [3.63, 3.8) is 0 Å². The second-order valence-corrected chi connectivity index (χ2v) is 4.30. The number of rotatable bonds is 2. The maximum atomic E-state index is 6.23. The minimum Gasteiger partial charge on any atom is -0.318 e. The molecule has 6 nitrogen and oxygen atoms in total. The standard InChI is InChI=1S/C12H14N6/c1-17-7-8(6-15-17)10(13)12-16-9-4-3-5-14-11(9)18(12)2/h3-7,10H,13H2,1-2H3. The van der Waals surface area contributed by atoms with Gasteiger partial charge in [-0.05, 0) is 12.1 Å². The van der Waals surface area contributed by atoms with Gasteiger partial charge in [-0.3, -0.25) is 4.68 Å². The van der Waals surface area contributed by atoms with Crippen LogP contribution < -0.4 is 5.73 Å². The highest BCUT2D eigenvalue weighted by molar-refractivity contribution is 5.71. The topological polar surface area (TPSA) is 74.6 Å². The van der Waals surface area contributed by atoms with Gasteiger partial charge in [0.1, 0.15) is 11.3 Å². The van der Waals surface area contributed by atoms with Gasteiger partial charge in [-0.2, -0.15) is 5.10 Å². The molecule has 6 heteroatoms. The molecule has 92 valence electrons. The average molecular weight is 242 g/mol. The number of hydrogen-bond donors (Lipinski definition) is 1. The number of nitrogens with two attached hydrogens (primary N) is 1. The van der Waals surface area contributed by atoms with E-state index < -0.39 is 0 Å². The molecule has 0 radical (unpaired) electrons. The van der Waals surface area contributed by atoms with E-state index in [1.165, 1.54) is 0 Å². The van der Waals surface area contributed by atoms with Gasteiger partial charge in [0.2, 0.25) is 0 Å². The maximum absolute atomic E-state index is 6.23. The molecular weight excluding hydrogens is 228 g/mol. The highest BCUT2D eigenvalue weighted by Gasteiger charge is 2.18. The summed E-state index contributed by atoms with van der Waals surface area (Å²) in [6.07, 6.45) is 5.41. The molecule has 0 saturated heterocycles. The lowest BCUT2D eigenvalue weighted by atomic mass is 10.1. The van der Waals surface area contributed by atoms with E-state index in [0.29, 0.717) is 0 Å². The summed E-state index contributed by atoms with van der Waals surface area (Å²) in [6, 6.07) is 3.51. The van der Waals surface area contributed by atoms with Crippen LogP contribution in [0.15, 0.2) is 30.7 Å². The Labute approximate surface area is 104 Å². The van der Waals surface area contributed by atoms with Gasteiger partial charge >= 0.3 is 0 Å². The molecule has 1 unspecified atom stereocenters. The van der Waals surface area contributed by atoms with Gasteiger partial charge in [-0.15, -0.1) is 0 Å². The lowest BCUT2D eigenvalue weighted by molar-refractivity contribution is 0.721. The molecule has 0 aliphatic rings. The third-order valence-corrected chi connectivity index (χ3v) is 3.02. The minimum atomic E-state index is -0.294. The first-order valence-electron chi connectivity index (χ1n) is 5.68. The van der Waals surface area contributed by atoms with Crippen molar-refractivity contribution < 1.29 is 0 Å². The summed E-state index contributed by atoms with van der Waals surface area (Å²) in [4.78, 5) is 8.84. The van der Waals surface area contributed by atoms with Crippen LogP contribution in [0.2, 0.25) is 0 Å². The van der Waals surface area contributed by atoms with Gasteiger partial charge in [0.15, 0.2) is 5.65 Å². The van der Waals surface area contributed by atoms with E-state index in [-0.39, 0.29) is 6.04 Å². The van der Waals surface area contributed by atoms with Crippen LogP contribution in [0.25, 0.3) is 11.2 Å². The zero-order valence-electron chi connectivity index (χ0n) is 10.3. The number of imidazole rings is 1. The van der Waals surface area contributed by atoms with Gasteiger partial charge < -0.3 is 10.3 Å². The molecule has 0 bridgehead atoms. The Balaban J connectivity index is 2.11. The molecule has 1 atom stereocenters. The van der Waals surface area contributed by atoms with Crippen LogP contribution in [0.3, 0.4) is 0 Å². The fourth-order valence-corrected chi connectivity index (χ4v) is 2.07. The summed E-state index contributed by atoms with van der Waals surface area (Å²) >= 11 is 0. The van der Waals surface area contributed by atoms with Crippen molar-refractivity contribution in [3.8, 4) is 0 Å². The van der Waals surface area contributed by atoms with E-state index in [9.17, 15) is 0 Å². The van der Waals surface area contributed by atoms with Crippen molar-refractivity contribution in [2.24, 2.45) is 19.8 Å². The summed E-state index contributed by atoms with van der Waals surface area (Å²) in [5, 5.41) is 4.13. The second-order valence-electron chi connectivity index (χ2n) is 4.30. The van der Waals surface area contributed by atoms with E-state index in [2.05, 4.69) is 15.1 Å². The fraction of sp³-hybridized carbons (Fsp3) is 0.250. The van der Waals surface area contributed by atoms with Crippen molar-refractivity contribution in [2.75, 3.05) is 0 Å². The highest BCUT2D eigenvalue weighted by atomic mass is 15.2. The van der Waals surface area contributed by atoms with Gasteiger partial charge in [0, 0.05) is 32.1 Å². The van der Waals surface area contributed by atoms with Gasteiger partial charge in [-0.25, -0.2) is 9.97 Å². The van der Waals surface area contributed by atoms with Crippen LogP contribution in [0, 0.1) is 0 Å². The Morgan fingerprint density at radius 1 is 1.33 bits per heavy atom. The van der Waals surface area contributed by atoms with E-state index in [0.717, 1.165) is 22.6 Å². The Kier molecular flexibility index (Phi) is 2.38. The number of hydrogen-bond acceptors (Lipinski definition) is 4. The first-order chi connectivity index (χ1) is 8.66. The zero-order valence-corrected chi connectivity index (χ0v) is 10.3. The van der Waals surface area contributed by atoms with Crippen LogP contribution in [-0.2, 0) is 14.1 Å². The van der Waals surface area contributed by atoms with Crippen molar-refractivity contribution in [1.82, 2.24) is 24.3 Å². The molecule has 18 heavy (non-hydrogen) atoms. The molecular formula is C12H14N6. The quantitative estimate of drug-likeness (QED) is 0.719. The maximum Gasteiger partial charge on any atom is 0.159 e. The summed E-state index contributed by atoms with van der Waals surface area (Å²) in [5.74, 6) is 0.789. The van der Waals surface area contributed by atoms with Crippen LogP contribution in [-0.4, -0.2) is 24.3 Å². The van der Waals surface area contributed by atoms with Crippen molar-refractivity contribution >= 4 is 11.2 Å². The Morgan fingerprint density at radius 3 is 2.83 bits per heavy atom. The zero-order chi connectivity index (χ0) is 12.7. The molecule has 0 amide bonds. The first-order valence-corrected chi connectivity index (χ1v) is 5.68. The predicted octanol–water partition coefficient (Wildman–Crippen LogP) is 0.750. The van der Waals surface area contributed by atoms with Gasteiger partial charge in [0.25, 0.3) is 0 Å². The fourth-order valence-electron chi connectivity index (χ4n) is 2.07. The summed E-state index contributed by atoms with van der Waals surface area (Å²) in [5.41, 5.74) is 8.87. The first kappa shape index (κ1) is 10.9. The lowest BCUT2D eigenvalue weighted by Gasteiger charge is -2.08. The largest absolute Gasteiger partial charge is 0.318 e. The number of aryl methyl sites for hydroxylation is 2. The van der Waals surface area contributed by atoms with Crippen LogP contribution >= 0.6 is 0 Å². The number of nitrogens with zero attached hydrogens (tertiary/aromatic N) is 5. The van der Waals surface area contributed by atoms with Gasteiger partial charge in [0.05, 0.1) is 12.2 Å². The lowest BCUT2D eigenvalue weighted by Crippen LogP contribution is -2.16. The van der Waals surface area contributed by atoms with Crippen molar-refractivity contribution in [1.29, 1.82) is 0 Å². The molecule has 2 N–H and O–H groups in total. The molecule has 3 aromatic heterocycles. The molecule has 0 spiro atoms. The Bertz CT molecular complexity index is 695. The third kappa shape index (κ3) is 1.58. The smallest absolute Gasteiger partial charge is 0.159 e. The number of aromatic nitrogens is 5. The predicted molar refractivity (Wildman–Crippen MR) is 67.7 cm³/mol. The minimum absolute atomic E-state index is 0.294. The van der Waals surface area contributed by atoms with E-state index in [1.807, 2.05) is 37.0 Å². The van der Waals surface area contributed by atoms with Crippen LogP contribution in [0.4, 0.5) is 0 Å². The summed E-state index contributed by atoms with van der Waals surface area (Å²) < 4.78 is 3.66. The molecule has 0 aliphatic carbocycles. The van der Waals surface area contributed by atoms with Crippen LogP contribution in [0.5, 0.6) is 0 Å². The molecule has 0 fully saturated rings. The third-order valence-electron chi connectivity index (χ3n) is 3.02. The van der Waals surface area contributed by atoms with E-state index in [4.69, 9.17) is 5.73 Å². The van der Waals surface area contributed by atoms with E-state index >= 15 is 0 Å². The summed E-state index contributed by atoms with van der Waals surface area (Å²) in [7, 11) is 3.79. The van der Waals surface area contributed by atoms with Crippen molar-refractivity contribution in [3.05, 3.63) is 42.1 Å². The molecule has 0 aromatic carbocycles. The Hall–Kier alpha value is -2.21. The molecule has 0 aliphatic heterocycles. The van der Waals surface area contributed by atoms with E-state index in [1.54, 1.807) is 17.1 Å². The van der Waals surface area contributed by atoms with Gasteiger partial charge in [-0.1, -0.05) is 0 Å².